The van der Waals surface area contributed by atoms with Crippen LogP contribution < -0.4 is 15.2 Å². The Kier molecular flexibility index (Phi) is 5.15. The zero-order valence-electron chi connectivity index (χ0n) is 10.8. The minimum absolute atomic E-state index is 0.211. The highest BCUT2D eigenvalue weighted by Gasteiger charge is 2.06. The van der Waals surface area contributed by atoms with Gasteiger partial charge >= 0.3 is 0 Å². The molecule has 2 rings (SSSR count). The molecule has 6 heteroatoms. The smallest absolute Gasteiger partial charge is 0.255 e. The third-order valence-corrected chi connectivity index (χ3v) is 3.23. The fraction of sp³-hybridized carbons (Fsp3) is 0.0667. The van der Waals surface area contributed by atoms with Crippen molar-refractivity contribution in [2.45, 2.75) is 0 Å². The molecule has 0 heterocycles. The molecule has 2 aromatic carbocycles. The van der Waals surface area contributed by atoms with E-state index in [4.69, 9.17) is 4.74 Å². The van der Waals surface area contributed by atoms with Crippen LogP contribution in [0.5, 0.6) is 5.75 Å². The Morgan fingerprint density at radius 2 is 1.86 bits per heavy atom. The Morgan fingerprint density at radius 1 is 1.14 bits per heavy atom. The molecule has 108 valence electrons. The molecule has 2 aromatic rings. The number of rotatable bonds is 5. The molecule has 0 fully saturated rings. The highest BCUT2D eigenvalue weighted by atomic mass is 127. The fourth-order valence-electron chi connectivity index (χ4n) is 1.61. The number of amides is 1. The van der Waals surface area contributed by atoms with Crippen LogP contribution in [0.2, 0.25) is 0 Å². The zero-order chi connectivity index (χ0) is 15.2. The number of carbonyl (C=O) groups is 2. The van der Waals surface area contributed by atoms with Crippen LogP contribution in [0.25, 0.3) is 0 Å². The molecule has 0 spiro atoms. The number of aliphatic carboxylic acids is 1. The predicted molar refractivity (Wildman–Crippen MR) is 84.1 cm³/mol. The van der Waals surface area contributed by atoms with Crippen molar-refractivity contribution in [1.82, 2.24) is 0 Å². The van der Waals surface area contributed by atoms with Gasteiger partial charge in [-0.1, -0.05) is 6.07 Å². The summed E-state index contributed by atoms with van der Waals surface area (Å²) in [5.74, 6) is -1.10. The van der Waals surface area contributed by atoms with Crippen LogP contribution in [-0.2, 0) is 4.79 Å². The number of carboxylic acids is 1. The summed E-state index contributed by atoms with van der Waals surface area (Å²) in [5, 5.41) is 13.0. The van der Waals surface area contributed by atoms with Crippen LogP contribution in [-0.4, -0.2) is 18.5 Å². The van der Waals surface area contributed by atoms with Crippen molar-refractivity contribution in [1.29, 1.82) is 0 Å². The summed E-state index contributed by atoms with van der Waals surface area (Å²) in [5.41, 5.74) is 1.17. The van der Waals surface area contributed by atoms with Crippen molar-refractivity contribution in [3.63, 3.8) is 0 Å². The number of nitrogens with one attached hydrogen (secondary N) is 1. The van der Waals surface area contributed by atoms with E-state index in [2.05, 4.69) is 27.9 Å². The van der Waals surface area contributed by atoms with E-state index in [1.807, 2.05) is 12.1 Å². The molecule has 0 atom stereocenters. The van der Waals surface area contributed by atoms with Gasteiger partial charge < -0.3 is 20.0 Å². The minimum Gasteiger partial charge on any atom is -0.546 e. The van der Waals surface area contributed by atoms with Crippen molar-refractivity contribution in [2.75, 3.05) is 11.9 Å². The Labute approximate surface area is 135 Å². The Balaban J connectivity index is 2.00. The van der Waals surface area contributed by atoms with Crippen LogP contribution in [0.1, 0.15) is 10.4 Å². The van der Waals surface area contributed by atoms with Gasteiger partial charge in [-0.05, 0) is 65.1 Å². The van der Waals surface area contributed by atoms with Gasteiger partial charge in [0.05, 0.1) is 5.97 Å². The fourth-order valence-corrected chi connectivity index (χ4v) is 2.15. The van der Waals surface area contributed by atoms with Gasteiger partial charge in [-0.2, -0.15) is 0 Å². The van der Waals surface area contributed by atoms with Crippen molar-refractivity contribution in [3.05, 3.63) is 57.7 Å². The van der Waals surface area contributed by atoms with E-state index < -0.39 is 12.6 Å². The predicted octanol–water partition coefficient (Wildman–Crippen LogP) is 1.67. The van der Waals surface area contributed by atoms with Crippen LogP contribution >= 0.6 is 22.6 Å². The second-order valence-electron chi connectivity index (χ2n) is 4.15. The van der Waals surface area contributed by atoms with Gasteiger partial charge in [0.1, 0.15) is 12.4 Å². The largest absolute Gasteiger partial charge is 0.546 e. The lowest BCUT2D eigenvalue weighted by molar-refractivity contribution is -0.307. The van der Waals surface area contributed by atoms with E-state index in [0.29, 0.717) is 17.0 Å². The summed E-state index contributed by atoms with van der Waals surface area (Å²) in [6.45, 7) is -0.506. The molecule has 0 aliphatic rings. The van der Waals surface area contributed by atoms with E-state index in [-0.39, 0.29) is 5.91 Å². The molecule has 0 aromatic heterocycles. The molecule has 0 bridgehead atoms. The average Bonchev–Trinajstić information content (AvgIpc) is 2.46. The highest BCUT2D eigenvalue weighted by Crippen LogP contribution is 2.17. The number of carboxylic acid groups (broad SMARTS) is 1. The van der Waals surface area contributed by atoms with Crippen LogP contribution in [0, 0.1) is 3.57 Å². The lowest BCUT2D eigenvalue weighted by Crippen LogP contribution is -2.28. The number of halogens is 1. The molecular weight excluding hydrogens is 385 g/mol. The number of hydrogen-bond donors (Lipinski definition) is 1. The monoisotopic (exact) mass is 396 g/mol. The van der Waals surface area contributed by atoms with Crippen molar-refractivity contribution in [2.24, 2.45) is 0 Å². The van der Waals surface area contributed by atoms with Crippen molar-refractivity contribution in [3.8, 4) is 5.75 Å². The van der Waals surface area contributed by atoms with Gasteiger partial charge in [0.25, 0.3) is 5.91 Å². The first kappa shape index (κ1) is 15.3. The SMILES string of the molecule is O=C([O-])COc1ccc(NC(=O)c2cccc(I)c2)cc1. The zero-order valence-corrected chi connectivity index (χ0v) is 13.0. The van der Waals surface area contributed by atoms with Crippen LogP contribution in [0.4, 0.5) is 5.69 Å². The van der Waals surface area contributed by atoms with Crippen LogP contribution in [0.15, 0.2) is 48.5 Å². The molecule has 0 radical (unpaired) electrons. The highest BCUT2D eigenvalue weighted by molar-refractivity contribution is 14.1. The third kappa shape index (κ3) is 4.75. The van der Waals surface area contributed by atoms with Gasteiger partial charge in [-0.15, -0.1) is 0 Å². The third-order valence-electron chi connectivity index (χ3n) is 2.56. The normalized spacial score (nSPS) is 9.95. The summed E-state index contributed by atoms with van der Waals surface area (Å²) in [6, 6.07) is 13.7. The van der Waals surface area contributed by atoms with Gasteiger partial charge in [-0.25, -0.2) is 0 Å². The first-order valence-corrected chi connectivity index (χ1v) is 7.12. The quantitative estimate of drug-likeness (QED) is 0.781. The van der Waals surface area contributed by atoms with E-state index in [1.165, 1.54) is 0 Å². The van der Waals surface area contributed by atoms with Gasteiger partial charge in [0, 0.05) is 14.8 Å². The standard InChI is InChI=1S/C15H12INO4/c16-11-3-1-2-10(8-11)15(20)17-12-4-6-13(7-5-12)21-9-14(18)19/h1-8H,9H2,(H,17,20)(H,18,19)/p-1. The van der Waals surface area contributed by atoms with Gasteiger partial charge in [-0.3, -0.25) is 4.79 Å². The van der Waals surface area contributed by atoms with Crippen molar-refractivity contribution < 1.29 is 19.4 Å². The molecule has 0 aliphatic carbocycles. The number of ether oxygens (including phenoxy) is 1. The molecule has 21 heavy (non-hydrogen) atoms. The first-order chi connectivity index (χ1) is 10.0. The lowest BCUT2D eigenvalue weighted by Gasteiger charge is -2.09. The Morgan fingerprint density at radius 3 is 2.48 bits per heavy atom. The lowest BCUT2D eigenvalue weighted by atomic mass is 10.2. The summed E-state index contributed by atoms with van der Waals surface area (Å²) in [4.78, 5) is 22.3. The molecule has 1 N–H and O–H groups in total. The Bertz CT molecular complexity index is 655. The molecule has 0 saturated heterocycles. The van der Waals surface area contributed by atoms with E-state index in [0.717, 1.165) is 3.57 Å². The molecule has 5 nitrogen and oxygen atoms in total. The maximum Gasteiger partial charge on any atom is 0.255 e. The van der Waals surface area contributed by atoms with E-state index in [1.54, 1.807) is 36.4 Å². The maximum absolute atomic E-state index is 12.0. The summed E-state index contributed by atoms with van der Waals surface area (Å²) in [6.07, 6.45) is 0. The molecular formula is C15H11INO4-. The molecule has 0 saturated carbocycles. The maximum atomic E-state index is 12.0. The Hall–Kier alpha value is -2.09. The molecule has 1 amide bonds. The number of hydrogen-bond acceptors (Lipinski definition) is 4. The molecule has 0 unspecified atom stereocenters. The van der Waals surface area contributed by atoms with Crippen molar-refractivity contribution >= 4 is 40.2 Å². The summed E-state index contributed by atoms with van der Waals surface area (Å²) in [7, 11) is 0. The second kappa shape index (κ2) is 7.07. The minimum atomic E-state index is -1.29. The average molecular weight is 396 g/mol. The number of benzene rings is 2. The summed E-state index contributed by atoms with van der Waals surface area (Å²) < 4.78 is 5.93. The second-order valence-corrected chi connectivity index (χ2v) is 5.40. The van der Waals surface area contributed by atoms with Gasteiger partial charge in [0.15, 0.2) is 0 Å². The number of anilines is 1. The first-order valence-electron chi connectivity index (χ1n) is 6.04. The van der Waals surface area contributed by atoms with E-state index in [9.17, 15) is 14.7 Å². The number of carbonyl (C=O) groups excluding carboxylic acids is 2. The van der Waals surface area contributed by atoms with Gasteiger partial charge in [0.2, 0.25) is 0 Å². The van der Waals surface area contributed by atoms with Crippen LogP contribution in [0.3, 0.4) is 0 Å². The van der Waals surface area contributed by atoms with E-state index >= 15 is 0 Å². The molecule has 0 aliphatic heterocycles. The topological polar surface area (TPSA) is 78.5 Å². The summed E-state index contributed by atoms with van der Waals surface area (Å²) >= 11 is 2.14.